The van der Waals surface area contributed by atoms with Crippen molar-refractivity contribution in [3.8, 4) is 0 Å². The summed E-state index contributed by atoms with van der Waals surface area (Å²) >= 11 is 3.19. The molecule has 4 heteroatoms. The molecule has 1 rings (SSSR count). The molecule has 0 saturated carbocycles. The van der Waals surface area contributed by atoms with Crippen LogP contribution in [0.3, 0.4) is 0 Å². The predicted molar refractivity (Wildman–Crippen MR) is 58.1 cm³/mol. The molecule has 1 aromatic rings. The molecule has 0 aliphatic carbocycles. The van der Waals surface area contributed by atoms with Crippen LogP contribution in [-0.2, 0) is 9.90 Å². The molecule has 1 aromatic carbocycles. The van der Waals surface area contributed by atoms with E-state index in [1.54, 1.807) is 25.5 Å². The van der Waals surface area contributed by atoms with Crippen molar-refractivity contribution in [3.63, 3.8) is 0 Å². The molecule has 13 heavy (non-hydrogen) atoms. The Labute approximate surface area is 85.8 Å². The molecule has 0 fully saturated rings. The average Bonchev–Trinajstić information content (AvgIpc) is 2.02. The summed E-state index contributed by atoms with van der Waals surface area (Å²) in [5.41, 5.74) is 0.510. The highest BCUT2D eigenvalue weighted by molar-refractivity contribution is 9.08. The normalized spacial score (nSPS) is 11.7. The molecule has 0 radical (unpaired) electrons. The summed E-state index contributed by atoms with van der Waals surface area (Å²) in [6, 6.07) is 4.70. The topological polar surface area (TPSA) is 17.1 Å². The fraction of sp³-hybridized carbons (Fsp3) is 0.333. The summed E-state index contributed by atoms with van der Waals surface area (Å²) in [5.74, 6) is -0.293. The van der Waals surface area contributed by atoms with Crippen LogP contribution < -0.4 is 5.30 Å². The Balaban J connectivity index is 3.37. The molecule has 1 nitrogen and oxygen atoms in total. The van der Waals surface area contributed by atoms with Gasteiger partial charge < -0.3 is 4.57 Å². The third kappa shape index (κ3) is 2.41. The number of benzene rings is 1. The molecule has 0 N–H and O–H groups in total. The van der Waals surface area contributed by atoms with E-state index in [0.717, 1.165) is 0 Å². The van der Waals surface area contributed by atoms with Crippen LogP contribution in [0.15, 0.2) is 18.2 Å². The number of rotatable bonds is 2. The molecule has 72 valence electrons. The minimum atomic E-state index is -2.37. The van der Waals surface area contributed by atoms with Crippen LogP contribution in [0, 0.1) is 5.82 Å². The van der Waals surface area contributed by atoms with Crippen LogP contribution in [-0.4, -0.2) is 13.3 Å². The molecule has 0 aliphatic rings. The van der Waals surface area contributed by atoms with Crippen molar-refractivity contribution in [1.29, 1.82) is 0 Å². The van der Waals surface area contributed by atoms with Crippen molar-refractivity contribution < 1.29 is 8.96 Å². The van der Waals surface area contributed by atoms with Crippen LogP contribution in [0.1, 0.15) is 5.56 Å². The zero-order chi connectivity index (χ0) is 10.1. The molecule has 0 amide bonds. The maximum Gasteiger partial charge on any atom is 0.127 e. The van der Waals surface area contributed by atoms with Gasteiger partial charge in [0, 0.05) is 16.2 Å². The smallest absolute Gasteiger partial charge is 0.127 e. The molecule has 0 aromatic heterocycles. The highest BCUT2D eigenvalue weighted by Gasteiger charge is 2.17. The van der Waals surface area contributed by atoms with E-state index in [2.05, 4.69) is 15.9 Å². The summed E-state index contributed by atoms with van der Waals surface area (Å²) in [5, 5.41) is 1.03. The first-order valence-electron chi connectivity index (χ1n) is 3.85. The summed E-state index contributed by atoms with van der Waals surface area (Å²) < 4.78 is 25.0. The second-order valence-electron chi connectivity index (χ2n) is 3.22. The van der Waals surface area contributed by atoms with Crippen LogP contribution in [0.4, 0.5) is 4.39 Å². The minimum Gasteiger partial charge on any atom is -0.319 e. The van der Waals surface area contributed by atoms with Crippen molar-refractivity contribution in [2.75, 3.05) is 13.3 Å². The Morgan fingerprint density at radius 2 is 2.08 bits per heavy atom. The number of hydrogen-bond acceptors (Lipinski definition) is 1. The highest BCUT2D eigenvalue weighted by Crippen LogP contribution is 2.36. The molecule has 0 heterocycles. The molecule has 0 spiro atoms. The summed E-state index contributed by atoms with van der Waals surface area (Å²) in [6.45, 7) is 3.29. The van der Waals surface area contributed by atoms with Gasteiger partial charge in [0.25, 0.3) is 0 Å². The highest BCUT2D eigenvalue weighted by atomic mass is 79.9. The third-order valence-corrected chi connectivity index (χ3v) is 3.95. The van der Waals surface area contributed by atoms with E-state index in [9.17, 15) is 8.96 Å². The molecule has 0 bridgehead atoms. The Morgan fingerprint density at radius 3 is 2.46 bits per heavy atom. The van der Waals surface area contributed by atoms with Gasteiger partial charge in [0.05, 0.1) is 0 Å². The predicted octanol–water partition coefficient (Wildman–Crippen LogP) is 2.97. The van der Waals surface area contributed by atoms with Crippen LogP contribution in [0.5, 0.6) is 0 Å². The second-order valence-corrected chi connectivity index (χ2v) is 6.97. The van der Waals surface area contributed by atoms with E-state index >= 15 is 0 Å². The van der Waals surface area contributed by atoms with E-state index in [1.807, 2.05) is 0 Å². The van der Waals surface area contributed by atoms with Crippen molar-refractivity contribution in [3.05, 3.63) is 29.6 Å². The van der Waals surface area contributed by atoms with Crippen LogP contribution in [0.2, 0.25) is 0 Å². The zero-order valence-corrected chi connectivity index (χ0v) is 10.0. The van der Waals surface area contributed by atoms with Gasteiger partial charge in [-0.15, -0.1) is 0 Å². The van der Waals surface area contributed by atoms with Crippen LogP contribution in [0.25, 0.3) is 0 Å². The lowest BCUT2D eigenvalue weighted by Crippen LogP contribution is -2.10. The fourth-order valence-electron chi connectivity index (χ4n) is 1.18. The maximum atomic E-state index is 13.2. The molecule has 0 aliphatic heterocycles. The zero-order valence-electron chi connectivity index (χ0n) is 7.55. The van der Waals surface area contributed by atoms with Gasteiger partial charge in [-0.3, -0.25) is 0 Å². The first kappa shape index (κ1) is 10.9. The Kier molecular flexibility index (Phi) is 3.31. The molecule has 0 unspecified atom stereocenters. The monoisotopic (exact) mass is 264 g/mol. The molecule has 0 atom stereocenters. The van der Waals surface area contributed by atoms with Gasteiger partial charge in [0.2, 0.25) is 0 Å². The van der Waals surface area contributed by atoms with Gasteiger partial charge in [-0.25, -0.2) is 4.39 Å². The van der Waals surface area contributed by atoms with Gasteiger partial charge in [-0.1, -0.05) is 28.1 Å². The lowest BCUT2D eigenvalue weighted by molar-refractivity contribution is 0.587. The van der Waals surface area contributed by atoms with E-state index < -0.39 is 7.14 Å². The first-order chi connectivity index (χ1) is 5.96. The summed E-state index contributed by atoms with van der Waals surface area (Å²) in [6.07, 6.45) is 0. The van der Waals surface area contributed by atoms with Crippen LogP contribution >= 0.6 is 23.1 Å². The molecular weight excluding hydrogens is 254 g/mol. The summed E-state index contributed by atoms with van der Waals surface area (Å²) in [4.78, 5) is 0. The van der Waals surface area contributed by atoms with Crippen molar-refractivity contribution in [2.24, 2.45) is 0 Å². The lowest BCUT2D eigenvalue weighted by Gasteiger charge is -2.11. The van der Waals surface area contributed by atoms with Gasteiger partial charge in [0.15, 0.2) is 0 Å². The number of hydrogen-bond donors (Lipinski definition) is 0. The quantitative estimate of drug-likeness (QED) is 0.593. The van der Waals surface area contributed by atoms with E-state index in [0.29, 0.717) is 16.2 Å². The summed E-state index contributed by atoms with van der Waals surface area (Å²) in [7, 11) is -2.37. The Hall–Kier alpha value is -0.140. The van der Waals surface area contributed by atoms with E-state index in [-0.39, 0.29) is 5.82 Å². The second kappa shape index (κ2) is 3.93. The lowest BCUT2D eigenvalue weighted by atomic mass is 10.2. The van der Waals surface area contributed by atoms with Gasteiger partial charge in [-0.05, 0) is 19.4 Å². The largest absolute Gasteiger partial charge is 0.319 e. The van der Waals surface area contributed by atoms with E-state index in [4.69, 9.17) is 0 Å². The standard InChI is InChI=1S/C9H11BrFOP/c1-13(2,12)9-5-3-4-8(11)7(9)6-10/h3-5H,6H2,1-2H3. The number of alkyl halides is 1. The average molecular weight is 265 g/mol. The van der Waals surface area contributed by atoms with Crippen molar-refractivity contribution in [1.82, 2.24) is 0 Å². The Morgan fingerprint density at radius 1 is 1.46 bits per heavy atom. The maximum absolute atomic E-state index is 13.2. The Bertz CT molecular complexity index is 359. The van der Waals surface area contributed by atoms with Gasteiger partial charge >= 0.3 is 0 Å². The number of halogens is 2. The van der Waals surface area contributed by atoms with E-state index in [1.165, 1.54) is 6.07 Å². The SMILES string of the molecule is CP(C)(=O)c1cccc(F)c1CBr. The minimum absolute atomic E-state index is 0.293. The third-order valence-electron chi connectivity index (χ3n) is 1.81. The van der Waals surface area contributed by atoms with Crippen molar-refractivity contribution in [2.45, 2.75) is 5.33 Å². The molecule has 0 saturated heterocycles. The first-order valence-corrected chi connectivity index (χ1v) is 7.58. The molecular formula is C9H11BrFOP. The van der Waals surface area contributed by atoms with Gasteiger partial charge in [0.1, 0.15) is 13.0 Å². The fourth-order valence-corrected chi connectivity index (χ4v) is 3.25. The van der Waals surface area contributed by atoms with Gasteiger partial charge in [-0.2, -0.15) is 0 Å². The van der Waals surface area contributed by atoms with Crippen molar-refractivity contribution >= 4 is 28.4 Å².